The van der Waals surface area contributed by atoms with E-state index < -0.39 is 0 Å². The third kappa shape index (κ3) is 5.07. The summed E-state index contributed by atoms with van der Waals surface area (Å²) in [6.07, 6.45) is 8.46. The molecule has 0 radical (unpaired) electrons. The van der Waals surface area contributed by atoms with Crippen molar-refractivity contribution in [2.75, 3.05) is 6.54 Å². The highest BCUT2D eigenvalue weighted by Crippen LogP contribution is 2.17. The lowest BCUT2D eigenvalue weighted by Crippen LogP contribution is -2.41. The fraction of sp³-hybridized carbons (Fsp3) is 0.667. The van der Waals surface area contributed by atoms with Gasteiger partial charge in [0, 0.05) is 18.5 Å². The molecular formula is C15H24N2O2. The van der Waals surface area contributed by atoms with Crippen LogP contribution in [-0.4, -0.2) is 24.5 Å². The van der Waals surface area contributed by atoms with E-state index in [1.54, 1.807) is 6.26 Å². The molecule has 1 unspecified atom stereocenters. The Hall–Kier alpha value is -1.29. The van der Waals surface area contributed by atoms with Gasteiger partial charge in [-0.1, -0.05) is 12.8 Å². The summed E-state index contributed by atoms with van der Waals surface area (Å²) in [6, 6.07) is 4.59. The SMILES string of the molecule is CC(CCc1ccco1)NC(=O)CNC1CCCC1. The molecule has 1 saturated carbocycles. The van der Waals surface area contributed by atoms with Crippen molar-refractivity contribution in [1.29, 1.82) is 0 Å². The predicted molar refractivity (Wildman–Crippen MR) is 74.9 cm³/mol. The molecule has 2 N–H and O–H groups in total. The van der Waals surface area contributed by atoms with E-state index in [1.807, 2.05) is 19.1 Å². The second-order valence-corrected chi connectivity index (χ2v) is 5.45. The minimum atomic E-state index is 0.0962. The van der Waals surface area contributed by atoms with Gasteiger partial charge in [-0.3, -0.25) is 4.79 Å². The van der Waals surface area contributed by atoms with Gasteiger partial charge in [-0.2, -0.15) is 0 Å². The first kappa shape index (κ1) is 14.1. The van der Waals surface area contributed by atoms with Gasteiger partial charge in [0.15, 0.2) is 0 Å². The molecule has 4 nitrogen and oxygen atoms in total. The van der Waals surface area contributed by atoms with E-state index in [0.29, 0.717) is 12.6 Å². The lowest BCUT2D eigenvalue weighted by molar-refractivity contribution is -0.121. The molecule has 1 aliphatic carbocycles. The molecule has 2 rings (SSSR count). The average molecular weight is 264 g/mol. The van der Waals surface area contributed by atoms with Gasteiger partial charge >= 0.3 is 0 Å². The van der Waals surface area contributed by atoms with E-state index in [1.165, 1.54) is 25.7 Å². The molecule has 1 heterocycles. The molecule has 1 amide bonds. The van der Waals surface area contributed by atoms with Crippen molar-refractivity contribution in [3.8, 4) is 0 Å². The summed E-state index contributed by atoms with van der Waals surface area (Å²) in [5, 5.41) is 6.35. The summed E-state index contributed by atoms with van der Waals surface area (Å²) in [4.78, 5) is 11.8. The van der Waals surface area contributed by atoms with Crippen molar-refractivity contribution in [3.05, 3.63) is 24.2 Å². The van der Waals surface area contributed by atoms with Crippen LogP contribution in [0, 0.1) is 0 Å². The average Bonchev–Trinajstić information content (AvgIpc) is 3.07. The molecule has 0 aliphatic heterocycles. The Bertz CT molecular complexity index is 370. The van der Waals surface area contributed by atoms with E-state index in [4.69, 9.17) is 4.42 Å². The Balaban J connectivity index is 1.58. The Labute approximate surface area is 114 Å². The van der Waals surface area contributed by atoms with Crippen LogP contribution in [0.2, 0.25) is 0 Å². The lowest BCUT2D eigenvalue weighted by Gasteiger charge is -2.15. The number of aryl methyl sites for hydroxylation is 1. The molecule has 1 atom stereocenters. The molecule has 1 aromatic rings. The van der Waals surface area contributed by atoms with Crippen molar-refractivity contribution < 1.29 is 9.21 Å². The monoisotopic (exact) mass is 264 g/mol. The van der Waals surface area contributed by atoms with Gasteiger partial charge in [0.1, 0.15) is 5.76 Å². The quantitative estimate of drug-likeness (QED) is 0.794. The molecule has 106 valence electrons. The molecule has 4 heteroatoms. The van der Waals surface area contributed by atoms with Gasteiger partial charge in [-0.15, -0.1) is 0 Å². The highest BCUT2D eigenvalue weighted by molar-refractivity contribution is 5.78. The maximum Gasteiger partial charge on any atom is 0.234 e. The summed E-state index contributed by atoms with van der Waals surface area (Å²) in [6.45, 7) is 2.48. The first-order valence-electron chi connectivity index (χ1n) is 7.29. The Morgan fingerprint density at radius 2 is 2.26 bits per heavy atom. The number of nitrogens with one attached hydrogen (secondary N) is 2. The van der Waals surface area contributed by atoms with Crippen LogP contribution in [0.3, 0.4) is 0 Å². The van der Waals surface area contributed by atoms with Crippen LogP contribution < -0.4 is 10.6 Å². The second kappa shape index (κ2) is 7.34. The molecule has 0 bridgehead atoms. The summed E-state index contributed by atoms with van der Waals surface area (Å²) >= 11 is 0. The summed E-state index contributed by atoms with van der Waals surface area (Å²) < 4.78 is 5.28. The molecule has 1 aliphatic rings. The van der Waals surface area contributed by atoms with Gasteiger partial charge in [0.05, 0.1) is 12.8 Å². The van der Waals surface area contributed by atoms with Gasteiger partial charge in [0.25, 0.3) is 0 Å². The first-order valence-corrected chi connectivity index (χ1v) is 7.29. The smallest absolute Gasteiger partial charge is 0.234 e. The standard InChI is InChI=1S/C15H24N2O2/c1-12(8-9-14-7-4-10-19-14)17-15(18)11-16-13-5-2-3-6-13/h4,7,10,12-13,16H,2-3,5-6,8-9,11H2,1H3,(H,17,18). The number of hydrogen-bond donors (Lipinski definition) is 2. The zero-order valence-corrected chi connectivity index (χ0v) is 11.7. The number of carbonyl (C=O) groups is 1. The topological polar surface area (TPSA) is 54.3 Å². The molecule has 0 saturated heterocycles. The highest BCUT2D eigenvalue weighted by atomic mass is 16.3. The largest absolute Gasteiger partial charge is 0.469 e. The van der Waals surface area contributed by atoms with Crippen LogP contribution in [0.25, 0.3) is 0 Å². The summed E-state index contributed by atoms with van der Waals surface area (Å²) in [7, 11) is 0. The Morgan fingerprint density at radius 3 is 2.95 bits per heavy atom. The Morgan fingerprint density at radius 1 is 1.47 bits per heavy atom. The van der Waals surface area contributed by atoms with Crippen molar-refractivity contribution >= 4 is 5.91 Å². The van der Waals surface area contributed by atoms with Crippen molar-refractivity contribution in [2.45, 2.75) is 57.5 Å². The molecule has 19 heavy (non-hydrogen) atoms. The number of rotatable bonds is 7. The molecule has 0 aromatic carbocycles. The minimum absolute atomic E-state index is 0.0962. The number of carbonyl (C=O) groups excluding carboxylic acids is 1. The van der Waals surface area contributed by atoms with Crippen molar-refractivity contribution in [1.82, 2.24) is 10.6 Å². The normalized spacial score (nSPS) is 17.5. The zero-order valence-electron chi connectivity index (χ0n) is 11.7. The van der Waals surface area contributed by atoms with Gasteiger partial charge in [-0.05, 0) is 38.3 Å². The van der Waals surface area contributed by atoms with Crippen LogP contribution in [-0.2, 0) is 11.2 Å². The first-order chi connectivity index (χ1) is 9.24. The maximum atomic E-state index is 11.8. The van der Waals surface area contributed by atoms with E-state index in [0.717, 1.165) is 18.6 Å². The van der Waals surface area contributed by atoms with Crippen molar-refractivity contribution in [3.63, 3.8) is 0 Å². The third-order valence-corrected chi connectivity index (χ3v) is 3.72. The zero-order chi connectivity index (χ0) is 13.5. The fourth-order valence-corrected chi connectivity index (χ4v) is 2.58. The van der Waals surface area contributed by atoms with Crippen LogP contribution in [0.5, 0.6) is 0 Å². The van der Waals surface area contributed by atoms with Crippen molar-refractivity contribution in [2.24, 2.45) is 0 Å². The van der Waals surface area contributed by atoms with Crippen LogP contribution in [0.15, 0.2) is 22.8 Å². The minimum Gasteiger partial charge on any atom is -0.469 e. The molecule has 1 fully saturated rings. The van der Waals surface area contributed by atoms with E-state index in [9.17, 15) is 4.79 Å². The highest BCUT2D eigenvalue weighted by Gasteiger charge is 2.15. The van der Waals surface area contributed by atoms with E-state index in [2.05, 4.69) is 10.6 Å². The van der Waals surface area contributed by atoms with Crippen LogP contribution in [0.1, 0.15) is 44.8 Å². The lowest BCUT2D eigenvalue weighted by atomic mass is 10.1. The number of hydrogen-bond acceptors (Lipinski definition) is 3. The summed E-state index contributed by atoms with van der Waals surface area (Å²) in [5.74, 6) is 1.07. The van der Waals surface area contributed by atoms with Gasteiger partial charge < -0.3 is 15.1 Å². The summed E-state index contributed by atoms with van der Waals surface area (Å²) in [5.41, 5.74) is 0. The number of furan rings is 1. The van der Waals surface area contributed by atoms with Crippen LogP contribution >= 0.6 is 0 Å². The van der Waals surface area contributed by atoms with Gasteiger partial charge in [0.2, 0.25) is 5.91 Å². The fourth-order valence-electron chi connectivity index (χ4n) is 2.58. The van der Waals surface area contributed by atoms with Gasteiger partial charge in [-0.25, -0.2) is 0 Å². The predicted octanol–water partition coefficient (Wildman–Crippen LogP) is 2.25. The maximum absolute atomic E-state index is 11.8. The number of amides is 1. The van der Waals surface area contributed by atoms with E-state index >= 15 is 0 Å². The van der Waals surface area contributed by atoms with E-state index in [-0.39, 0.29) is 11.9 Å². The molecule has 1 aromatic heterocycles. The molecule has 0 spiro atoms. The molecular weight excluding hydrogens is 240 g/mol. The third-order valence-electron chi connectivity index (χ3n) is 3.72. The Kier molecular flexibility index (Phi) is 5.45. The second-order valence-electron chi connectivity index (χ2n) is 5.45. The van der Waals surface area contributed by atoms with Crippen LogP contribution in [0.4, 0.5) is 0 Å².